The molecule has 0 aliphatic heterocycles. The maximum Gasteiger partial charge on any atom is 0.0540 e. The maximum atomic E-state index is 2.52. The smallest absolute Gasteiger partial charge is 0.0540 e. The lowest BCUT2D eigenvalue weighted by atomic mass is 9.43. The first-order chi connectivity index (χ1) is 29.7. The molecule has 0 unspecified atom stereocenters. The Morgan fingerprint density at radius 1 is 0.393 bits per heavy atom. The van der Waals surface area contributed by atoms with E-state index in [0.29, 0.717) is 0 Å². The highest BCUT2D eigenvalue weighted by atomic mass is 15.1. The standard InChI is InChI=1S/C60H57N/c1-58(2)31-32-59(3,4)55-38-44(25-30-53(55)58)49-15-9-11-20-56(49)61(47-26-21-42(22-27-47)41-13-6-5-7-14-41)48-28-23-43(24-29-48)50-17-12-19-54-57(50)51-16-8-10-18-52(51)60(54)45-34-39-33-40(36-45)37-46(60)35-39/h5-30,38-40,45-46H,31-37H2,1-4H3. The first-order valence-corrected chi connectivity index (χ1v) is 23.2. The van der Waals surface area contributed by atoms with Gasteiger partial charge in [0.25, 0.3) is 0 Å². The molecule has 0 N–H and O–H groups in total. The topological polar surface area (TPSA) is 3.24 Å². The zero-order chi connectivity index (χ0) is 41.1. The average molecular weight is 792 g/mol. The molecule has 0 radical (unpaired) electrons. The van der Waals surface area contributed by atoms with Gasteiger partial charge in [-0.2, -0.15) is 0 Å². The molecule has 0 aromatic heterocycles. The lowest BCUT2D eigenvalue weighted by Gasteiger charge is -2.61. The van der Waals surface area contributed by atoms with E-state index in [4.69, 9.17) is 0 Å². The fraction of sp³-hybridized carbons (Fsp3) is 0.300. The third-order valence-corrected chi connectivity index (χ3v) is 16.6. The Kier molecular flexibility index (Phi) is 8.32. The van der Waals surface area contributed by atoms with Crippen LogP contribution in [0.25, 0.3) is 44.5 Å². The van der Waals surface area contributed by atoms with Gasteiger partial charge in [-0.15, -0.1) is 0 Å². The first-order valence-electron chi connectivity index (χ1n) is 23.2. The second-order valence-corrected chi connectivity index (χ2v) is 20.8. The van der Waals surface area contributed by atoms with Gasteiger partial charge >= 0.3 is 0 Å². The molecule has 1 spiro atoms. The van der Waals surface area contributed by atoms with Crippen molar-refractivity contribution in [2.75, 3.05) is 4.90 Å². The quantitative estimate of drug-likeness (QED) is 0.162. The van der Waals surface area contributed by atoms with Crippen molar-refractivity contribution in [3.05, 3.63) is 186 Å². The Morgan fingerprint density at radius 2 is 0.918 bits per heavy atom. The van der Waals surface area contributed by atoms with Crippen molar-refractivity contribution in [1.29, 1.82) is 0 Å². The maximum absolute atomic E-state index is 2.52. The van der Waals surface area contributed by atoms with Crippen molar-refractivity contribution >= 4 is 17.1 Å². The Bertz CT molecular complexity index is 2780. The van der Waals surface area contributed by atoms with Gasteiger partial charge in [0.2, 0.25) is 0 Å². The van der Waals surface area contributed by atoms with Crippen molar-refractivity contribution in [3.8, 4) is 44.5 Å². The van der Waals surface area contributed by atoms with Crippen LogP contribution in [-0.4, -0.2) is 0 Å². The highest BCUT2D eigenvalue weighted by Gasteiger charge is 2.61. The normalized spacial score (nSPS) is 24.6. The predicted molar refractivity (Wildman–Crippen MR) is 256 cm³/mol. The third-order valence-electron chi connectivity index (χ3n) is 16.6. The summed E-state index contributed by atoms with van der Waals surface area (Å²) in [5, 5.41) is 0. The van der Waals surface area contributed by atoms with E-state index >= 15 is 0 Å². The molecule has 4 saturated carbocycles. The Hall–Kier alpha value is -5.66. The van der Waals surface area contributed by atoms with Gasteiger partial charge in [0.05, 0.1) is 5.69 Å². The highest BCUT2D eigenvalue weighted by Crippen LogP contribution is 2.70. The molecule has 4 bridgehead atoms. The summed E-state index contributed by atoms with van der Waals surface area (Å²) in [7, 11) is 0. The number of anilines is 3. The zero-order valence-electron chi connectivity index (χ0n) is 36.3. The summed E-state index contributed by atoms with van der Waals surface area (Å²) >= 11 is 0. The molecule has 0 saturated heterocycles. The molecule has 7 aromatic carbocycles. The van der Waals surface area contributed by atoms with E-state index in [1.54, 1.807) is 11.1 Å². The van der Waals surface area contributed by atoms with Gasteiger partial charge in [0.15, 0.2) is 0 Å². The van der Waals surface area contributed by atoms with E-state index < -0.39 is 0 Å². The zero-order valence-corrected chi connectivity index (χ0v) is 36.3. The molecule has 13 rings (SSSR count). The van der Waals surface area contributed by atoms with Crippen LogP contribution in [0.5, 0.6) is 0 Å². The van der Waals surface area contributed by atoms with E-state index in [0.717, 1.165) is 35.0 Å². The second kappa shape index (κ2) is 13.7. The minimum Gasteiger partial charge on any atom is -0.310 e. The number of para-hydroxylation sites is 1. The summed E-state index contributed by atoms with van der Waals surface area (Å²) in [6.07, 6.45) is 9.52. The molecule has 6 aliphatic carbocycles. The van der Waals surface area contributed by atoms with Crippen LogP contribution in [0, 0.1) is 23.7 Å². The van der Waals surface area contributed by atoms with Crippen LogP contribution < -0.4 is 4.90 Å². The molecular weight excluding hydrogens is 735 g/mol. The summed E-state index contributed by atoms with van der Waals surface area (Å²) in [4.78, 5) is 2.48. The van der Waals surface area contributed by atoms with Gasteiger partial charge in [0, 0.05) is 22.4 Å². The van der Waals surface area contributed by atoms with Crippen molar-refractivity contribution < 1.29 is 0 Å². The van der Waals surface area contributed by atoms with E-state index in [1.165, 1.54) is 106 Å². The van der Waals surface area contributed by atoms with Gasteiger partial charge in [0.1, 0.15) is 0 Å². The Balaban J connectivity index is 0.984. The number of hydrogen-bond donors (Lipinski definition) is 0. The van der Waals surface area contributed by atoms with Crippen LogP contribution in [0.4, 0.5) is 17.1 Å². The van der Waals surface area contributed by atoms with Gasteiger partial charge < -0.3 is 4.90 Å². The molecule has 0 heterocycles. The summed E-state index contributed by atoms with van der Waals surface area (Å²) in [6, 6.07) is 62.6. The number of rotatable bonds is 6. The van der Waals surface area contributed by atoms with E-state index in [2.05, 4.69) is 196 Å². The molecule has 302 valence electrons. The average Bonchev–Trinajstić information content (AvgIpc) is 3.59. The lowest BCUT2D eigenvalue weighted by molar-refractivity contribution is -0.0399. The summed E-state index contributed by atoms with van der Waals surface area (Å²) in [5.74, 6) is 3.40. The number of fused-ring (bicyclic) bond motifs is 4. The molecule has 6 aliphatic rings. The highest BCUT2D eigenvalue weighted by molar-refractivity contribution is 5.94. The molecular formula is C60H57N. The van der Waals surface area contributed by atoms with Gasteiger partial charge in [-0.3, -0.25) is 0 Å². The molecule has 1 nitrogen and oxygen atoms in total. The van der Waals surface area contributed by atoms with E-state index in [1.807, 2.05) is 0 Å². The van der Waals surface area contributed by atoms with Crippen LogP contribution in [0.3, 0.4) is 0 Å². The SMILES string of the molecule is CC1(C)CCC(C)(C)c2cc(-c3ccccc3N(c3ccc(-c4ccccc4)cc3)c3ccc(-c4cccc5c4-c4ccccc4C54C5CC6CC(C5)CC4C6)cc3)ccc21. The van der Waals surface area contributed by atoms with Crippen molar-refractivity contribution in [1.82, 2.24) is 0 Å². The van der Waals surface area contributed by atoms with Gasteiger partial charge in [-0.25, -0.2) is 0 Å². The number of nitrogens with zero attached hydrogens (tertiary/aromatic N) is 1. The summed E-state index contributed by atoms with van der Waals surface area (Å²) in [5.41, 5.74) is 20.8. The summed E-state index contributed by atoms with van der Waals surface area (Å²) in [6.45, 7) is 9.70. The van der Waals surface area contributed by atoms with Crippen molar-refractivity contribution in [2.24, 2.45) is 23.7 Å². The minimum absolute atomic E-state index is 0.131. The number of benzene rings is 7. The molecule has 1 heteroatoms. The molecule has 7 aromatic rings. The van der Waals surface area contributed by atoms with E-state index in [9.17, 15) is 0 Å². The number of hydrogen-bond acceptors (Lipinski definition) is 1. The van der Waals surface area contributed by atoms with Crippen LogP contribution in [0.2, 0.25) is 0 Å². The van der Waals surface area contributed by atoms with E-state index in [-0.39, 0.29) is 16.2 Å². The van der Waals surface area contributed by atoms with Crippen LogP contribution >= 0.6 is 0 Å². The Morgan fingerprint density at radius 3 is 1.61 bits per heavy atom. The molecule has 0 atom stereocenters. The van der Waals surface area contributed by atoms with Crippen LogP contribution in [-0.2, 0) is 16.2 Å². The van der Waals surface area contributed by atoms with Crippen LogP contribution in [0.1, 0.15) is 94.9 Å². The first kappa shape index (κ1) is 37.1. The van der Waals surface area contributed by atoms with Crippen molar-refractivity contribution in [2.45, 2.75) is 88.9 Å². The summed E-state index contributed by atoms with van der Waals surface area (Å²) < 4.78 is 0. The lowest BCUT2D eigenvalue weighted by Crippen LogP contribution is -2.55. The third kappa shape index (κ3) is 5.65. The van der Waals surface area contributed by atoms with Gasteiger partial charge in [-0.1, -0.05) is 161 Å². The Labute approximate surface area is 363 Å². The van der Waals surface area contributed by atoms with Gasteiger partial charge in [-0.05, 0) is 171 Å². The predicted octanol–water partition coefficient (Wildman–Crippen LogP) is 16.2. The molecule has 61 heavy (non-hydrogen) atoms. The fourth-order valence-corrected chi connectivity index (χ4v) is 13.8. The van der Waals surface area contributed by atoms with Crippen LogP contribution in [0.15, 0.2) is 164 Å². The monoisotopic (exact) mass is 791 g/mol. The molecule has 4 fully saturated rings. The molecule has 0 amide bonds. The largest absolute Gasteiger partial charge is 0.310 e. The second-order valence-electron chi connectivity index (χ2n) is 20.8. The minimum atomic E-state index is 0.131. The fourth-order valence-electron chi connectivity index (χ4n) is 13.8. The van der Waals surface area contributed by atoms with Crippen molar-refractivity contribution in [3.63, 3.8) is 0 Å².